The van der Waals surface area contributed by atoms with Gasteiger partial charge in [-0.25, -0.2) is 8.78 Å². The number of benzene rings is 3. The van der Waals surface area contributed by atoms with Crippen LogP contribution in [0, 0.1) is 0 Å². The largest absolute Gasteiger partial charge is 0.506 e. The van der Waals surface area contributed by atoms with Crippen molar-refractivity contribution in [3.63, 3.8) is 0 Å². The number of aromatic hydroxyl groups is 1. The monoisotopic (exact) mass is 349 g/mol. The van der Waals surface area contributed by atoms with E-state index in [1.165, 1.54) is 12.1 Å². The number of halogens is 2. The summed E-state index contributed by atoms with van der Waals surface area (Å²) in [6, 6.07) is 16.0. The zero-order valence-electron chi connectivity index (χ0n) is 14.2. The highest BCUT2D eigenvalue weighted by Crippen LogP contribution is 2.35. The predicted octanol–water partition coefficient (Wildman–Crippen LogP) is 6.24. The topological polar surface area (TPSA) is 25.2 Å². The Bertz CT molecular complexity index is 1150. The maximum atomic E-state index is 13.5. The molecule has 4 aromatic rings. The fraction of sp³-hybridized carbons (Fsp3) is 0.0909. The summed E-state index contributed by atoms with van der Waals surface area (Å²) in [6.45, 7) is 4.61. The van der Waals surface area contributed by atoms with E-state index in [2.05, 4.69) is 12.6 Å². The molecule has 0 aliphatic carbocycles. The molecule has 0 unspecified atom stereocenters. The first-order valence-electron chi connectivity index (χ1n) is 8.26. The van der Waals surface area contributed by atoms with Crippen molar-refractivity contribution in [2.75, 3.05) is 0 Å². The van der Waals surface area contributed by atoms with Gasteiger partial charge in [0.05, 0.1) is 11.2 Å². The summed E-state index contributed by atoms with van der Waals surface area (Å²) in [7, 11) is 0. The van der Waals surface area contributed by atoms with Crippen molar-refractivity contribution in [2.45, 2.75) is 12.8 Å². The highest BCUT2D eigenvalue weighted by atomic mass is 19.3. The minimum Gasteiger partial charge on any atom is -0.506 e. The maximum absolute atomic E-state index is 13.5. The van der Waals surface area contributed by atoms with Crippen LogP contribution in [0.3, 0.4) is 0 Å². The summed E-state index contributed by atoms with van der Waals surface area (Å²) in [5.41, 5.74) is 2.20. The van der Waals surface area contributed by atoms with Gasteiger partial charge in [-0.05, 0) is 46.7 Å². The molecule has 4 heteroatoms. The molecule has 1 heterocycles. The Balaban J connectivity index is 1.90. The van der Waals surface area contributed by atoms with Crippen LogP contribution in [0.2, 0.25) is 0 Å². The molecule has 0 spiro atoms. The second kappa shape index (κ2) is 5.70. The van der Waals surface area contributed by atoms with Crippen LogP contribution in [0.4, 0.5) is 8.78 Å². The summed E-state index contributed by atoms with van der Waals surface area (Å²) in [6.07, 6.45) is 3.64. The first-order chi connectivity index (χ1) is 12.4. The number of rotatable bonds is 3. The SMILES string of the molecule is C=Cc1ccc2c(ccc3c2ccn3-c2ccc(C(C)(F)F)cc2O)c1. The number of hydrogen-bond acceptors (Lipinski definition) is 1. The lowest BCUT2D eigenvalue weighted by Crippen LogP contribution is -2.07. The van der Waals surface area contributed by atoms with Crippen LogP contribution in [0.5, 0.6) is 5.75 Å². The third-order valence-corrected chi connectivity index (χ3v) is 4.69. The molecule has 3 aromatic carbocycles. The van der Waals surface area contributed by atoms with Gasteiger partial charge in [0.15, 0.2) is 0 Å². The molecular weight excluding hydrogens is 332 g/mol. The average molecular weight is 349 g/mol. The lowest BCUT2D eigenvalue weighted by atomic mass is 10.0. The summed E-state index contributed by atoms with van der Waals surface area (Å²) >= 11 is 0. The number of fused-ring (bicyclic) bond motifs is 3. The Labute approximate surface area is 149 Å². The predicted molar refractivity (Wildman–Crippen MR) is 102 cm³/mol. The minimum atomic E-state index is -2.99. The van der Waals surface area contributed by atoms with Gasteiger partial charge in [-0.2, -0.15) is 0 Å². The van der Waals surface area contributed by atoms with Gasteiger partial charge in [-0.1, -0.05) is 36.9 Å². The van der Waals surface area contributed by atoms with Crippen molar-refractivity contribution in [3.05, 3.63) is 78.5 Å². The van der Waals surface area contributed by atoms with E-state index in [1.54, 1.807) is 6.08 Å². The van der Waals surface area contributed by atoms with Crippen molar-refractivity contribution in [3.8, 4) is 11.4 Å². The molecule has 0 amide bonds. The Morgan fingerprint density at radius 3 is 2.50 bits per heavy atom. The normalized spacial score (nSPS) is 12.0. The van der Waals surface area contributed by atoms with Gasteiger partial charge in [-0.3, -0.25) is 0 Å². The zero-order chi connectivity index (χ0) is 18.5. The molecule has 1 aromatic heterocycles. The van der Waals surface area contributed by atoms with Crippen molar-refractivity contribution in [2.24, 2.45) is 0 Å². The molecule has 0 aliphatic rings. The third-order valence-electron chi connectivity index (χ3n) is 4.69. The molecule has 2 nitrogen and oxygen atoms in total. The summed E-state index contributed by atoms with van der Waals surface area (Å²) < 4.78 is 28.8. The van der Waals surface area contributed by atoms with E-state index in [0.29, 0.717) is 5.69 Å². The third kappa shape index (κ3) is 2.54. The highest BCUT2D eigenvalue weighted by molar-refractivity contribution is 6.07. The fourth-order valence-corrected chi connectivity index (χ4v) is 3.31. The maximum Gasteiger partial charge on any atom is 0.270 e. The Kier molecular flexibility index (Phi) is 3.58. The van der Waals surface area contributed by atoms with Crippen molar-refractivity contribution >= 4 is 27.8 Å². The smallest absolute Gasteiger partial charge is 0.270 e. The van der Waals surface area contributed by atoms with E-state index in [-0.39, 0.29) is 11.3 Å². The molecule has 0 saturated heterocycles. The van der Waals surface area contributed by atoms with Crippen LogP contribution in [-0.4, -0.2) is 9.67 Å². The van der Waals surface area contributed by atoms with E-state index in [4.69, 9.17) is 0 Å². The number of alkyl halides is 2. The Hall–Kier alpha value is -3.14. The van der Waals surface area contributed by atoms with E-state index < -0.39 is 5.92 Å². The standard InChI is InChI=1S/C22H17F2NO/c1-3-14-4-7-17-15(12-14)5-8-19-18(17)10-11-25(19)20-9-6-16(13-21(20)26)22(2,23)24/h3-13,26H,1H2,2H3. The highest BCUT2D eigenvalue weighted by Gasteiger charge is 2.25. The molecular formula is C22H17F2NO. The van der Waals surface area contributed by atoms with Crippen LogP contribution in [0.15, 0.2) is 67.4 Å². The van der Waals surface area contributed by atoms with Gasteiger partial charge in [-0.15, -0.1) is 0 Å². The van der Waals surface area contributed by atoms with Crippen LogP contribution in [0.25, 0.3) is 33.4 Å². The van der Waals surface area contributed by atoms with Crippen LogP contribution >= 0.6 is 0 Å². The van der Waals surface area contributed by atoms with E-state index in [0.717, 1.165) is 40.2 Å². The molecule has 1 N–H and O–H groups in total. The molecule has 0 atom stereocenters. The summed E-state index contributed by atoms with van der Waals surface area (Å²) in [5.74, 6) is -3.17. The first kappa shape index (κ1) is 16.3. The minimum absolute atomic E-state index is 0.177. The van der Waals surface area contributed by atoms with Gasteiger partial charge in [0.2, 0.25) is 0 Å². The van der Waals surface area contributed by atoms with E-state index in [9.17, 15) is 13.9 Å². The number of phenols is 1. The number of hydrogen-bond donors (Lipinski definition) is 1. The lowest BCUT2D eigenvalue weighted by Gasteiger charge is -2.14. The van der Waals surface area contributed by atoms with Gasteiger partial charge in [0.1, 0.15) is 5.75 Å². The second-order valence-electron chi connectivity index (χ2n) is 6.46. The molecule has 130 valence electrons. The molecule has 4 rings (SSSR count). The summed E-state index contributed by atoms with van der Waals surface area (Å²) in [5, 5.41) is 13.5. The molecule has 0 bridgehead atoms. The van der Waals surface area contributed by atoms with Gasteiger partial charge >= 0.3 is 0 Å². The summed E-state index contributed by atoms with van der Waals surface area (Å²) in [4.78, 5) is 0. The number of phenolic OH excluding ortho intramolecular Hbond substituents is 1. The van der Waals surface area contributed by atoms with Crippen LogP contribution in [-0.2, 0) is 5.92 Å². The molecule has 26 heavy (non-hydrogen) atoms. The van der Waals surface area contributed by atoms with Gasteiger partial charge < -0.3 is 9.67 Å². The molecule has 0 aliphatic heterocycles. The lowest BCUT2D eigenvalue weighted by molar-refractivity contribution is 0.0172. The Morgan fingerprint density at radius 1 is 1.00 bits per heavy atom. The van der Waals surface area contributed by atoms with Gasteiger partial charge in [0, 0.05) is 24.1 Å². The van der Waals surface area contributed by atoms with Crippen molar-refractivity contribution in [1.29, 1.82) is 0 Å². The quantitative estimate of drug-likeness (QED) is 0.465. The van der Waals surface area contributed by atoms with Crippen LogP contribution in [0.1, 0.15) is 18.1 Å². The second-order valence-corrected chi connectivity index (χ2v) is 6.46. The zero-order valence-corrected chi connectivity index (χ0v) is 14.2. The molecule has 0 radical (unpaired) electrons. The van der Waals surface area contributed by atoms with E-state index in [1.807, 2.05) is 41.1 Å². The number of aromatic nitrogens is 1. The van der Waals surface area contributed by atoms with Gasteiger partial charge in [0.25, 0.3) is 5.92 Å². The molecule has 0 saturated carbocycles. The van der Waals surface area contributed by atoms with Crippen LogP contribution < -0.4 is 0 Å². The first-order valence-corrected chi connectivity index (χ1v) is 8.26. The van der Waals surface area contributed by atoms with Crippen molar-refractivity contribution in [1.82, 2.24) is 4.57 Å². The fourth-order valence-electron chi connectivity index (χ4n) is 3.31. The average Bonchev–Trinajstić information content (AvgIpc) is 3.04. The Morgan fingerprint density at radius 2 is 1.81 bits per heavy atom. The van der Waals surface area contributed by atoms with E-state index >= 15 is 0 Å². The number of nitrogens with zero attached hydrogens (tertiary/aromatic N) is 1. The van der Waals surface area contributed by atoms with Crippen molar-refractivity contribution < 1.29 is 13.9 Å². The molecule has 0 fully saturated rings.